The third-order valence-electron chi connectivity index (χ3n) is 3.79. The lowest BCUT2D eigenvalue weighted by Gasteiger charge is -2.18. The van der Waals surface area contributed by atoms with Crippen molar-refractivity contribution < 1.29 is 4.74 Å². The van der Waals surface area contributed by atoms with Crippen LogP contribution in [0.1, 0.15) is 17.5 Å². The molecule has 1 aliphatic heterocycles. The Hall–Kier alpha value is -1.58. The van der Waals surface area contributed by atoms with Crippen molar-refractivity contribution in [1.29, 1.82) is 0 Å². The molecule has 0 bridgehead atoms. The van der Waals surface area contributed by atoms with E-state index in [1.807, 2.05) is 6.07 Å². The van der Waals surface area contributed by atoms with Gasteiger partial charge in [0.2, 0.25) is 0 Å². The maximum Gasteiger partial charge on any atom is 0.142 e. The predicted molar refractivity (Wildman–Crippen MR) is 84.5 cm³/mol. The maximum atomic E-state index is 6.08. The molecule has 0 aliphatic carbocycles. The Balaban J connectivity index is 1.57. The number of hydrogen-bond acceptors (Lipinski definition) is 3. The number of alkyl halides is 1. The molecule has 110 valence electrons. The van der Waals surface area contributed by atoms with Crippen LogP contribution in [0.15, 0.2) is 48.8 Å². The molecule has 0 amide bonds. The van der Waals surface area contributed by atoms with Gasteiger partial charge < -0.3 is 4.74 Å². The van der Waals surface area contributed by atoms with E-state index in [0.717, 1.165) is 37.4 Å². The van der Waals surface area contributed by atoms with E-state index in [1.165, 1.54) is 5.56 Å². The lowest BCUT2D eigenvalue weighted by atomic mass is 10.2. The van der Waals surface area contributed by atoms with Crippen molar-refractivity contribution in [1.82, 2.24) is 9.88 Å². The molecule has 1 atom stereocenters. The molecule has 0 N–H and O–H groups in total. The van der Waals surface area contributed by atoms with Crippen molar-refractivity contribution in [2.24, 2.45) is 0 Å². The number of rotatable bonds is 5. The number of likely N-dealkylation sites (tertiary alicyclic amines) is 1. The highest BCUT2D eigenvalue weighted by Crippen LogP contribution is 2.23. The topological polar surface area (TPSA) is 25.4 Å². The highest BCUT2D eigenvalue weighted by molar-refractivity contribution is 6.17. The smallest absolute Gasteiger partial charge is 0.142 e. The van der Waals surface area contributed by atoms with Crippen LogP contribution in [0.25, 0.3) is 0 Å². The molecule has 3 nitrogen and oxygen atoms in total. The Morgan fingerprint density at radius 2 is 2.10 bits per heavy atom. The van der Waals surface area contributed by atoms with Gasteiger partial charge in [-0.1, -0.05) is 30.3 Å². The monoisotopic (exact) mass is 302 g/mol. The number of pyridine rings is 1. The van der Waals surface area contributed by atoms with E-state index in [2.05, 4.69) is 40.2 Å². The van der Waals surface area contributed by atoms with Crippen molar-refractivity contribution in [3.05, 3.63) is 59.9 Å². The molecule has 1 saturated heterocycles. The fraction of sp³-hybridized carbons (Fsp3) is 0.353. The zero-order chi connectivity index (χ0) is 14.5. The van der Waals surface area contributed by atoms with Crippen LogP contribution < -0.4 is 4.74 Å². The molecule has 1 unspecified atom stereocenters. The zero-order valence-electron chi connectivity index (χ0n) is 11.9. The minimum absolute atomic E-state index is 0.222. The van der Waals surface area contributed by atoms with Crippen LogP contribution in [-0.4, -0.2) is 29.1 Å². The molecule has 0 spiro atoms. The Morgan fingerprint density at radius 3 is 2.90 bits per heavy atom. The normalized spacial score (nSPS) is 18.8. The third kappa shape index (κ3) is 3.74. The van der Waals surface area contributed by atoms with Gasteiger partial charge in [0.05, 0.1) is 12.1 Å². The summed E-state index contributed by atoms with van der Waals surface area (Å²) in [6, 6.07) is 12.5. The van der Waals surface area contributed by atoms with Gasteiger partial charge in [-0.15, -0.1) is 11.6 Å². The Bertz CT molecular complexity index is 576. The van der Waals surface area contributed by atoms with Crippen molar-refractivity contribution >= 4 is 11.6 Å². The first kappa shape index (κ1) is 14.4. The van der Waals surface area contributed by atoms with Crippen LogP contribution in [0.3, 0.4) is 0 Å². The quantitative estimate of drug-likeness (QED) is 0.791. The Kier molecular flexibility index (Phi) is 4.73. The molecule has 1 fully saturated rings. The van der Waals surface area contributed by atoms with E-state index in [1.54, 1.807) is 12.4 Å². The van der Waals surface area contributed by atoms with E-state index < -0.39 is 0 Å². The molecule has 2 heterocycles. The number of aromatic nitrogens is 1. The number of benzene rings is 1. The highest BCUT2D eigenvalue weighted by Gasteiger charge is 2.24. The molecule has 1 aromatic heterocycles. The summed E-state index contributed by atoms with van der Waals surface area (Å²) < 4.78 is 6.08. The number of hydrogen-bond donors (Lipinski definition) is 0. The lowest BCUT2D eigenvalue weighted by molar-refractivity contribution is 0.196. The Morgan fingerprint density at radius 1 is 1.24 bits per heavy atom. The summed E-state index contributed by atoms with van der Waals surface area (Å²) in [4.78, 5) is 6.55. The van der Waals surface area contributed by atoms with Gasteiger partial charge in [0, 0.05) is 31.4 Å². The highest BCUT2D eigenvalue weighted by atomic mass is 35.5. The van der Waals surface area contributed by atoms with Crippen molar-refractivity contribution in [3.63, 3.8) is 0 Å². The molecular weight excluding hydrogens is 284 g/mol. The molecule has 4 heteroatoms. The SMILES string of the molecule is ClCc1ccncc1OC1CCN(Cc2ccccc2)C1. The van der Waals surface area contributed by atoms with Gasteiger partial charge in [-0.25, -0.2) is 0 Å². The van der Waals surface area contributed by atoms with Gasteiger partial charge in [-0.05, 0) is 18.1 Å². The minimum Gasteiger partial charge on any atom is -0.487 e. The standard InChI is InChI=1S/C17H19ClN2O/c18-10-15-6-8-19-11-17(15)21-16-7-9-20(13-16)12-14-4-2-1-3-5-14/h1-6,8,11,16H,7,9-10,12-13H2. The molecular formula is C17H19ClN2O. The van der Waals surface area contributed by atoms with Gasteiger partial charge in [-0.2, -0.15) is 0 Å². The summed E-state index contributed by atoms with van der Waals surface area (Å²) in [6.45, 7) is 3.00. The second-order valence-electron chi connectivity index (χ2n) is 5.37. The first-order valence-corrected chi connectivity index (χ1v) is 7.80. The van der Waals surface area contributed by atoms with E-state index >= 15 is 0 Å². The molecule has 21 heavy (non-hydrogen) atoms. The largest absolute Gasteiger partial charge is 0.487 e. The van der Waals surface area contributed by atoms with Gasteiger partial charge in [0.1, 0.15) is 11.9 Å². The van der Waals surface area contributed by atoms with Crippen LogP contribution in [0, 0.1) is 0 Å². The van der Waals surface area contributed by atoms with Crippen LogP contribution in [0.2, 0.25) is 0 Å². The van der Waals surface area contributed by atoms with Crippen molar-refractivity contribution in [3.8, 4) is 5.75 Å². The van der Waals surface area contributed by atoms with Crippen molar-refractivity contribution in [2.75, 3.05) is 13.1 Å². The summed E-state index contributed by atoms with van der Waals surface area (Å²) in [5.41, 5.74) is 2.36. The Labute approximate surface area is 130 Å². The van der Waals surface area contributed by atoms with Gasteiger partial charge in [-0.3, -0.25) is 9.88 Å². The second-order valence-corrected chi connectivity index (χ2v) is 5.63. The van der Waals surface area contributed by atoms with Gasteiger partial charge >= 0.3 is 0 Å². The van der Waals surface area contributed by atoms with Gasteiger partial charge in [0.25, 0.3) is 0 Å². The molecule has 1 aromatic carbocycles. The van der Waals surface area contributed by atoms with Crippen LogP contribution in [0.4, 0.5) is 0 Å². The minimum atomic E-state index is 0.222. The van der Waals surface area contributed by atoms with E-state index in [-0.39, 0.29) is 6.10 Å². The third-order valence-corrected chi connectivity index (χ3v) is 4.07. The fourth-order valence-electron chi connectivity index (χ4n) is 2.68. The number of ether oxygens (including phenoxy) is 1. The zero-order valence-corrected chi connectivity index (χ0v) is 12.7. The second kappa shape index (κ2) is 6.92. The van der Waals surface area contributed by atoms with E-state index in [9.17, 15) is 0 Å². The molecule has 1 aliphatic rings. The maximum absolute atomic E-state index is 6.08. The lowest BCUT2D eigenvalue weighted by Crippen LogP contribution is -2.24. The first-order valence-electron chi connectivity index (χ1n) is 7.27. The van der Waals surface area contributed by atoms with Crippen LogP contribution in [0.5, 0.6) is 5.75 Å². The fourth-order valence-corrected chi connectivity index (χ4v) is 2.90. The summed E-state index contributed by atoms with van der Waals surface area (Å²) in [6.07, 6.45) is 4.78. The van der Waals surface area contributed by atoms with Gasteiger partial charge in [0.15, 0.2) is 0 Å². The summed E-state index contributed by atoms with van der Waals surface area (Å²) >= 11 is 5.94. The first-order chi connectivity index (χ1) is 10.3. The average molecular weight is 303 g/mol. The predicted octanol–water partition coefficient (Wildman–Crippen LogP) is 3.47. The van der Waals surface area contributed by atoms with E-state index in [4.69, 9.17) is 16.3 Å². The average Bonchev–Trinajstić information content (AvgIpc) is 2.96. The van der Waals surface area contributed by atoms with Crippen molar-refractivity contribution in [2.45, 2.75) is 24.9 Å². The number of nitrogens with zero attached hydrogens (tertiary/aromatic N) is 2. The molecule has 0 radical (unpaired) electrons. The number of halogens is 1. The van der Waals surface area contributed by atoms with Crippen LogP contribution >= 0.6 is 11.6 Å². The summed E-state index contributed by atoms with van der Waals surface area (Å²) in [7, 11) is 0. The molecule has 2 aromatic rings. The molecule has 3 rings (SSSR count). The van der Waals surface area contributed by atoms with Crippen LogP contribution in [-0.2, 0) is 12.4 Å². The summed E-state index contributed by atoms with van der Waals surface area (Å²) in [5, 5.41) is 0. The summed E-state index contributed by atoms with van der Waals surface area (Å²) in [5.74, 6) is 1.28. The molecule has 0 saturated carbocycles. The van der Waals surface area contributed by atoms with E-state index in [0.29, 0.717) is 5.88 Å².